The minimum absolute atomic E-state index is 0.468. The highest BCUT2D eigenvalue weighted by molar-refractivity contribution is 6.31. The Morgan fingerprint density at radius 3 is 2.45 bits per heavy atom. The van der Waals surface area contributed by atoms with E-state index in [9.17, 15) is 0 Å². The van der Waals surface area contributed by atoms with Crippen molar-refractivity contribution < 1.29 is 0 Å². The third-order valence-corrected chi connectivity index (χ3v) is 4.20. The molecule has 0 bridgehead atoms. The van der Waals surface area contributed by atoms with E-state index >= 15 is 0 Å². The number of nitrogens with zero attached hydrogens (tertiary/aromatic N) is 1. The quantitative estimate of drug-likeness (QED) is 0.722. The van der Waals surface area contributed by atoms with Crippen molar-refractivity contribution in [3.8, 4) is 0 Å². The van der Waals surface area contributed by atoms with Gasteiger partial charge >= 0.3 is 0 Å². The summed E-state index contributed by atoms with van der Waals surface area (Å²) >= 11 is 6.09. The zero-order valence-corrected chi connectivity index (χ0v) is 13.4. The molecule has 0 N–H and O–H groups in total. The Labute approximate surface area is 127 Å². The number of hydrogen-bond acceptors (Lipinski definition) is 1. The number of pyridine rings is 1. The van der Waals surface area contributed by atoms with Gasteiger partial charge in [0.2, 0.25) is 0 Å². The fourth-order valence-corrected chi connectivity index (χ4v) is 2.50. The smallest absolute Gasteiger partial charge is 0.0435 e. The molecule has 1 unspecified atom stereocenters. The number of hydrogen-bond donors (Lipinski definition) is 0. The van der Waals surface area contributed by atoms with Gasteiger partial charge in [0.1, 0.15) is 0 Å². The van der Waals surface area contributed by atoms with Gasteiger partial charge in [-0.3, -0.25) is 4.98 Å². The molecule has 2 aromatic rings. The number of rotatable bonds is 4. The van der Waals surface area contributed by atoms with Crippen molar-refractivity contribution in [1.29, 1.82) is 0 Å². The number of benzene rings is 1. The van der Waals surface area contributed by atoms with E-state index in [-0.39, 0.29) is 0 Å². The largest absolute Gasteiger partial charge is 0.264 e. The van der Waals surface area contributed by atoms with E-state index in [1.807, 2.05) is 18.5 Å². The minimum Gasteiger partial charge on any atom is -0.264 e. The molecule has 1 aromatic carbocycles. The molecule has 2 rings (SSSR count). The second-order valence-electron chi connectivity index (χ2n) is 5.90. The molecule has 1 aromatic heterocycles. The predicted octanol–water partition coefficient (Wildman–Crippen LogP) is 5.51. The Kier molecular flexibility index (Phi) is 4.82. The summed E-state index contributed by atoms with van der Waals surface area (Å²) in [6.45, 7) is 8.71. The van der Waals surface area contributed by atoms with Crippen LogP contribution in [0.2, 0.25) is 5.02 Å². The topological polar surface area (TPSA) is 12.9 Å². The summed E-state index contributed by atoms with van der Waals surface area (Å²) in [6, 6.07) is 8.58. The lowest BCUT2D eigenvalue weighted by Gasteiger charge is -2.14. The van der Waals surface area contributed by atoms with Crippen LogP contribution in [0.3, 0.4) is 0 Å². The maximum absolute atomic E-state index is 6.09. The highest BCUT2D eigenvalue weighted by atomic mass is 35.5. The lowest BCUT2D eigenvalue weighted by Crippen LogP contribution is -2.01. The molecule has 0 amide bonds. The van der Waals surface area contributed by atoms with Gasteiger partial charge < -0.3 is 0 Å². The number of aromatic nitrogens is 1. The molecule has 1 heterocycles. The molecular weight excluding hydrogens is 266 g/mol. The van der Waals surface area contributed by atoms with Crippen molar-refractivity contribution in [2.24, 2.45) is 0 Å². The lowest BCUT2D eigenvalue weighted by molar-refractivity contribution is 0.750. The second kappa shape index (κ2) is 6.41. The Morgan fingerprint density at radius 2 is 1.80 bits per heavy atom. The fraction of sp³-hybridized carbons (Fsp3) is 0.389. The monoisotopic (exact) mass is 287 g/mol. The van der Waals surface area contributed by atoms with Crippen LogP contribution in [0.4, 0.5) is 0 Å². The molecule has 106 valence electrons. The summed E-state index contributed by atoms with van der Waals surface area (Å²) in [6.07, 6.45) is 4.95. The molecule has 0 aliphatic heterocycles. The van der Waals surface area contributed by atoms with Gasteiger partial charge in [-0.25, -0.2) is 0 Å². The molecule has 0 aliphatic carbocycles. The van der Waals surface area contributed by atoms with Crippen LogP contribution in [0.1, 0.15) is 54.9 Å². The Balaban J connectivity index is 2.16. The molecule has 0 saturated heterocycles. The Hall–Kier alpha value is -1.34. The minimum atomic E-state index is 0.468. The first-order valence-electron chi connectivity index (χ1n) is 7.17. The molecule has 0 radical (unpaired) electrons. The number of halogens is 1. The summed E-state index contributed by atoms with van der Waals surface area (Å²) < 4.78 is 0. The average Bonchev–Trinajstić information content (AvgIpc) is 2.42. The van der Waals surface area contributed by atoms with Crippen molar-refractivity contribution in [1.82, 2.24) is 4.98 Å². The van der Waals surface area contributed by atoms with Crippen molar-refractivity contribution in [3.05, 3.63) is 63.9 Å². The summed E-state index contributed by atoms with van der Waals surface area (Å²) in [5.41, 5.74) is 5.09. The Morgan fingerprint density at radius 1 is 1.05 bits per heavy atom. The maximum Gasteiger partial charge on any atom is 0.0435 e. The first-order chi connectivity index (χ1) is 9.47. The summed E-state index contributed by atoms with van der Waals surface area (Å²) in [4.78, 5) is 4.36. The van der Waals surface area contributed by atoms with Gasteiger partial charge in [-0.15, -0.1) is 0 Å². The van der Waals surface area contributed by atoms with Crippen LogP contribution in [0.25, 0.3) is 0 Å². The van der Waals surface area contributed by atoms with E-state index in [1.54, 1.807) is 0 Å². The van der Waals surface area contributed by atoms with Gasteiger partial charge in [-0.2, -0.15) is 0 Å². The van der Waals surface area contributed by atoms with E-state index in [1.165, 1.54) is 16.7 Å². The molecule has 20 heavy (non-hydrogen) atoms. The summed E-state index contributed by atoms with van der Waals surface area (Å²) in [7, 11) is 0. The fourth-order valence-electron chi connectivity index (χ4n) is 2.38. The van der Waals surface area contributed by atoms with Crippen LogP contribution in [0.5, 0.6) is 0 Å². The van der Waals surface area contributed by atoms with Crippen LogP contribution in [0.15, 0.2) is 36.7 Å². The van der Waals surface area contributed by atoms with Crippen molar-refractivity contribution >= 4 is 11.6 Å². The second-order valence-corrected chi connectivity index (χ2v) is 6.30. The third kappa shape index (κ3) is 3.61. The predicted molar refractivity (Wildman–Crippen MR) is 86.6 cm³/mol. The first kappa shape index (κ1) is 15.1. The van der Waals surface area contributed by atoms with Gasteiger partial charge in [-0.05, 0) is 53.5 Å². The SMILES string of the molecule is Cc1cc(C(C)Cc2cncc(C(C)C)c2)ccc1Cl. The van der Waals surface area contributed by atoms with Gasteiger partial charge in [-0.1, -0.05) is 50.6 Å². The molecule has 0 fully saturated rings. The van der Waals surface area contributed by atoms with E-state index in [4.69, 9.17) is 11.6 Å². The van der Waals surface area contributed by atoms with Gasteiger partial charge in [0, 0.05) is 17.4 Å². The molecule has 0 aliphatic rings. The summed E-state index contributed by atoms with van der Waals surface area (Å²) in [5, 5.41) is 0.837. The van der Waals surface area contributed by atoms with Gasteiger partial charge in [0.15, 0.2) is 0 Å². The molecule has 0 spiro atoms. The molecule has 0 saturated carbocycles. The van der Waals surface area contributed by atoms with E-state index in [0.717, 1.165) is 17.0 Å². The standard InChI is InChI=1S/C18H22ClN/c1-12(2)17-9-15(10-20-11-17)7-13(3)16-5-6-18(19)14(4)8-16/h5-6,8-13H,7H2,1-4H3. The van der Waals surface area contributed by atoms with E-state index in [0.29, 0.717) is 11.8 Å². The van der Waals surface area contributed by atoms with Crippen LogP contribution >= 0.6 is 11.6 Å². The molecule has 2 heteroatoms. The van der Waals surface area contributed by atoms with Crippen LogP contribution < -0.4 is 0 Å². The normalized spacial score (nSPS) is 12.7. The zero-order valence-electron chi connectivity index (χ0n) is 12.7. The highest BCUT2D eigenvalue weighted by Gasteiger charge is 2.09. The molecule has 1 atom stereocenters. The Bertz CT molecular complexity index is 590. The average molecular weight is 288 g/mol. The third-order valence-electron chi connectivity index (χ3n) is 3.78. The maximum atomic E-state index is 6.09. The molecular formula is C18H22ClN. The van der Waals surface area contributed by atoms with Gasteiger partial charge in [0.05, 0.1) is 0 Å². The molecule has 1 nitrogen and oxygen atoms in total. The first-order valence-corrected chi connectivity index (χ1v) is 7.55. The van der Waals surface area contributed by atoms with Crippen molar-refractivity contribution in [2.75, 3.05) is 0 Å². The van der Waals surface area contributed by atoms with E-state index < -0.39 is 0 Å². The van der Waals surface area contributed by atoms with Gasteiger partial charge in [0.25, 0.3) is 0 Å². The van der Waals surface area contributed by atoms with E-state index in [2.05, 4.69) is 50.9 Å². The lowest BCUT2D eigenvalue weighted by atomic mass is 9.92. The zero-order chi connectivity index (χ0) is 14.7. The van der Waals surface area contributed by atoms with Crippen molar-refractivity contribution in [3.63, 3.8) is 0 Å². The van der Waals surface area contributed by atoms with Crippen LogP contribution in [-0.4, -0.2) is 4.98 Å². The van der Waals surface area contributed by atoms with Crippen molar-refractivity contribution in [2.45, 2.75) is 46.0 Å². The van der Waals surface area contributed by atoms with Crippen LogP contribution in [-0.2, 0) is 6.42 Å². The van der Waals surface area contributed by atoms with Crippen LogP contribution in [0, 0.1) is 6.92 Å². The highest BCUT2D eigenvalue weighted by Crippen LogP contribution is 2.25. The summed E-state index contributed by atoms with van der Waals surface area (Å²) in [5.74, 6) is 0.991. The number of aryl methyl sites for hydroxylation is 1.